The molecule has 1 aliphatic heterocycles. The Morgan fingerprint density at radius 3 is 2.54 bits per heavy atom. The first-order chi connectivity index (χ1) is 12.0. The minimum atomic E-state index is -3.10. The van der Waals surface area contributed by atoms with Gasteiger partial charge in [0.15, 0.2) is 15.5 Å². The molecule has 0 bridgehead atoms. The van der Waals surface area contributed by atoms with E-state index in [1.165, 1.54) is 0 Å². The van der Waals surface area contributed by atoms with E-state index >= 15 is 0 Å². The maximum atomic E-state index is 13.0. The maximum absolute atomic E-state index is 13.0. The average molecular weight is 378 g/mol. The molecule has 3 rings (SSSR count). The van der Waals surface area contributed by atoms with E-state index in [1.54, 1.807) is 23.9 Å². The highest BCUT2D eigenvalue weighted by molar-refractivity contribution is 7.91. The van der Waals surface area contributed by atoms with Gasteiger partial charge in [0.1, 0.15) is 0 Å². The van der Waals surface area contributed by atoms with Gasteiger partial charge in [-0.1, -0.05) is 13.8 Å². The molecule has 1 saturated heterocycles. The Balaban J connectivity index is 2.05. The van der Waals surface area contributed by atoms with Crippen molar-refractivity contribution in [3.8, 4) is 0 Å². The molecule has 0 aromatic carbocycles. The van der Waals surface area contributed by atoms with Crippen LogP contribution in [0.1, 0.15) is 69.1 Å². The van der Waals surface area contributed by atoms with Gasteiger partial charge >= 0.3 is 0 Å². The molecule has 0 radical (unpaired) electrons. The van der Waals surface area contributed by atoms with Crippen LogP contribution in [0.2, 0.25) is 0 Å². The number of nitrogens with one attached hydrogen (secondary N) is 1. The van der Waals surface area contributed by atoms with Crippen molar-refractivity contribution < 1.29 is 13.2 Å². The fourth-order valence-electron chi connectivity index (χ4n) is 3.35. The van der Waals surface area contributed by atoms with Crippen LogP contribution in [0, 0.1) is 0 Å². The van der Waals surface area contributed by atoms with Crippen molar-refractivity contribution in [2.45, 2.75) is 58.5 Å². The number of carbonyl (C=O) groups excluding carboxylic acids is 1. The van der Waals surface area contributed by atoms with Crippen LogP contribution in [0.15, 0.2) is 12.3 Å². The minimum Gasteiger partial charge on any atom is -0.346 e. The van der Waals surface area contributed by atoms with Crippen LogP contribution in [0.25, 0.3) is 11.0 Å². The van der Waals surface area contributed by atoms with Crippen LogP contribution in [0.4, 0.5) is 0 Å². The Labute approximate surface area is 154 Å². The Morgan fingerprint density at radius 1 is 1.31 bits per heavy atom. The van der Waals surface area contributed by atoms with Gasteiger partial charge in [-0.25, -0.2) is 18.1 Å². The predicted molar refractivity (Wildman–Crippen MR) is 101 cm³/mol. The first-order valence-electron chi connectivity index (χ1n) is 8.92. The van der Waals surface area contributed by atoms with Gasteiger partial charge in [-0.15, -0.1) is 0 Å². The lowest BCUT2D eigenvalue weighted by molar-refractivity contribution is 0.0917. The van der Waals surface area contributed by atoms with Crippen molar-refractivity contribution in [3.63, 3.8) is 0 Å². The zero-order chi connectivity index (χ0) is 19.3. The summed E-state index contributed by atoms with van der Waals surface area (Å²) in [4.78, 5) is 17.7. The van der Waals surface area contributed by atoms with Gasteiger partial charge in [0.25, 0.3) is 5.91 Å². The highest BCUT2D eigenvalue weighted by Gasteiger charge is 2.40. The van der Waals surface area contributed by atoms with Crippen molar-refractivity contribution in [3.05, 3.63) is 23.5 Å². The summed E-state index contributed by atoms with van der Waals surface area (Å²) in [5.41, 5.74) is 1.25. The Hall–Kier alpha value is -1.96. The number of hydrogen-bond donors (Lipinski definition) is 1. The largest absolute Gasteiger partial charge is 0.346 e. The van der Waals surface area contributed by atoms with Crippen LogP contribution in [0.3, 0.4) is 0 Å². The second-order valence-corrected chi connectivity index (χ2v) is 10.2. The van der Waals surface area contributed by atoms with Crippen molar-refractivity contribution in [1.29, 1.82) is 0 Å². The molecule has 3 heterocycles. The Bertz CT molecular complexity index is 962. The zero-order valence-corrected chi connectivity index (χ0v) is 16.7. The summed E-state index contributed by atoms with van der Waals surface area (Å²) in [6.45, 7) is 9.86. The molecule has 0 spiro atoms. The number of carbonyl (C=O) groups is 1. The number of aromatic nitrogens is 3. The molecule has 1 N–H and O–H groups in total. The second kappa shape index (κ2) is 6.33. The topological polar surface area (TPSA) is 94.0 Å². The normalized spacial score (nSPS) is 22.4. The summed E-state index contributed by atoms with van der Waals surface area (Å²) in [6, 6.07) is 1.91. The number of fused-ring (bicyclic) bond motifs is 1. The fourth-order valence-corrected chi connectivity index (χ4v) is 5.44. The number of pyridine rings is 1. The molecule has 26 heavy (non-hydrogen) atoms. The summed E-state index contributed by atoms with van der Waals surface area (Å²) < 4.78 is 25.5. The van der Waals surface area contributed by atoms with Gasteiger partial charge in [0.05, 0.1) is 34.2 Å². The lowest BCUT2D eigenvalue weighted by Crippen LogP contribution is -2.47. The number of sulfone groups is 1. The van der Waals surface area contributed by atoms with E-state index in [2.05, 4.69) is 10.4 Å². The number of hydrogen-bond acceptors (Lipinski definition) is 5. The fraction of sp³-hybridized carbons (Fsp3) is 0.611. The molecule has 1 aliphatic rings. The summed E-state index contributed by atoms with van der Waals surface area (Å²) >= 11 is 0. The van der Waals surface area contributed by atoms with Crippen LogP contribution in [-0.4, -0.2) is 46.1 Å². The van der Waals surface area contributed by atoms with E-state index in [9.17, 15) is 13.2 Å². The third-order valence-electron chi connectivity index (χ3n) is 4.83. The summed E-state index contributed by atoms with van der Waals surface area (Å²) in [5, 5.41) is 8.02. The quantitative estimate of drug-likeness (QED) is 0.882. The predicted octanol–water partition coefficient (Wildman–Crippen LogP) is 2.44. The summed E-state index contributed by atoms with van der Waals surface area (Å²) in [5.74, 6) is -0.0357. The first-order valence-corrected chi connectivity index (χ1v) is 10.7. The van der Waals surface area contributed by atoms with Crippen molar-refractivity contribution in [2.24, 2.45) is 0 Å². The highest BCUT2D eigenvalue weighted by Crippen LogP contribution is 2.27. The van der Waals surface area contributed by atoms with Crippen molar-refractivity contribution in [2.75, 3.05) is 11.5 Å². The van der Waals surface area contributed by atoms with E-state index in [-0.39, 0.29) is 29.4 Å². The SMILES string of the molecule is CC(C)c1cc(C(=O)N[C@@]2(C)CCS(=O)(=O)C2)c2cnn(C(C)C)c2n1. The smallest absolute Gasteiger partial charge is 0.252 e. The van der Waals surface area contributed by atoms with Gasteiger partial charge in [-0.3, -0.25) is 4.79 Å². The molecule has 2 aromatic heterocycles. The lowest BCUT2D eigenvalue weighted by atomic mass is 10.00. The molecule has 142 valence electrons. The van der Waals surface area contributed by atoms with Gasteiger partial charge in [0, 0.05) is 11.7 Å². The number of rotatable bonds is 4. The van der Waals surface area contributed by atoms with E-state index < -0.39 is 15.4 Å². The van der Waals surface area contributed by atoms with Crippen molar-refractivity contribution in [1.82, 2.24) is 20.1 Å². The van der Waals surface area contributed by atoms with Crippen LogP contribution >= 0.6 is 0 Å². The molecule has 1 amide bonds. The number of amides is 1. The van der Waals surface area contributed by atoms with Gasteiger partial charge in [0.2, 0.25) is 0 Å². The lowest BCUT2D eigenvalue weighted by Gasteiger charge is -2.24. The molecule has 0 aliphatic carbocycles. The summed E-state index contributed by atoms with van der Waals surface area (Å²) in [7, 11) is -3.10. The van der Waals surface area contributed by atoms with E-state index in [0.29, 0.717) is 23.0 Å². The maximum Gasteiger partial charge on any atom is 0.252 e. The van der Waals surface area contributed by atoms with E-state index in [0.717, 1.165) is 5.69 Å². The van der Waals surface area contributed by atoms with E-state index in [1.807, 2.05) is 27.7 Å². The first kappa shape index (κ1) is 18.8. The molecule has 7 nitrogen and oxygen atoms in total. The van der Waals surface area contributed by atoms with Gasteiger partial charge < -0.3 is 5.32 Å². The molecular formula is C18H26N4O3S. The molecule has 0 saturated carbocycles. The third-order valence-corrected chi connectivity index (χ3v) is 6.73. The van der Waals surface area contributed by atoms with Crippen molar-refractivity contribution >= 4 is 26.8 Å². The third kappa shape index (κ3) is 3.47. The molecule has 1 fully saturated rings. The Kier molecular flexibility index (Phi) is 4.58. The van der Waals surface area contributed by atoms with Crippen LogP contribution in [0.5, 0.6) is 0 Å². The molecule has 0 unspecified atom stereocenters. The minimum absolute atomic E-state index is 0.0255. The molecule has 2 aromatic rings. The molecule has 8 heteroatoms. The number of nitrogens with zero attached hydrogens (tertiary/aromatic N) is 3. The van der Waals surface area contributed by atoms with Gasteiger partial charge in [-0.05, 0) is 39.2 Å². The van der Waals surface area contributed by atoms with E-state index in [4.69, 9.17) is 4.98 Å². The summed E-state index contributed by atoms with van der Waals surface area (Å²) in [6.07, 6.45) is 2.09. The monoisotopic (exact) mass is 378 g/mol. The second-order valence-electron chi connectivity index (χ2n) is 8.03. The Morgan fingerprint density at radius 2 is 2.00 bits per heavy atom. The highest BCUT2D eigenvalue weighted by atomic mass is 32.2. The standard InChI is InChI=1S/C18H26N4O3S/c1-11(2)15-8-13(14-9-19-22(12(3)4)16(14)20-15)17(23)21-18(5)6-7-26(24,25)10-18/h8-9,11-12H,6-7,10H2,1-5H3,(H,21,23)/t18-/m0/s1. The van der Waals surface area contributed by atoms with Gasteiger partial charge in [-0.2, -0.15) is 5.10 Å². The molecular weight excluding hydrogens is 352 g/mol. The van der Waals surface area contributed by atoms with Crippen LogP contribution < -0.4 is 5.32 Å². The van der Waals surface area contributed by atoms with Crippen LogP contribution in [-0.2, 0) is 9.84 Å². The molecule has 1 atom stereocenters. The zero-order valence-electron chi connectivity index (χ0n) is 15.9. The average Bonchev–Trinajstić information content (AvgIpc) is 3.06.